The number of aromatic nitrogens is 1. The van der Waals surface area contributed by atoms with Crippen molar-refractivity contribution >= 4 is 5.69 Å². The van der Waals surface area contributed by atoms with Crippen LogP contribution in [-0.2, 0) is 0 Å². The zero-order chi connectivity index (χ0) is 11.6. The van der Waals surface area contributed by atoms with Crippen molar-refractivity contribution in [3.05, 3.63) is 18.3 Å². The second-order valence-electron chi connectivity index (χ2n) is 3.93. The number of nitrogens with zero attached hydrogens (tertiary/aromatic N) is 1. The van der Waals surface area contributed by atoms with E-state index < -0.39 is 0 Å². The molecule has 0 fully saturated rings. The molecule has 0 radical (unpaired) electrons. The first-order valence-corrected chi connectivity index (χ1v) is 6.10. The van der Waals surface area contributed by atoms with Crippen LogP contribution in [0.15, 0.2) is 18.3 Å². The SMILES string of the molecule is CCCCCCCNc1ccc(OC)nc1. The summed E-state index contributed by atoms with van der Waals surface area (Å²) in [4.78, 5) is 4.14. The molecule has 0 saturated heterocycles. The van der Waals surface area contributed by atoms with Crippen molar-refractivity contribution in [2.75, 3.05) is 19.0 Å². The fourth-order valence-corrected chi connectivity index (χ4v) is 1.57. The number of pyridine rings is 1. The first-order valence-electron chi connectivity index (χ1n) is 6.10. The Morgan fingerprint density at radius 2 is 2.00 bits per heavy atom. The molecule has 0 spiro atoms. The van der Waals surface area contributed by atoms with Crippen molar-refractivity contribution in [3.63, 3.8) is 0 Å². The average Bonchev–Trinajstić information content (AvgIpc) is 2.34. The lowest BCUT2D eigenvalue weighted by molar-refractivity contribution is 0.398. The number of hydrogen-bond acceptors (Lipinski definition) is 3. The quantitative estimate of drug-likeness (QED) is 0.684. The fraction of sp³-hybridized carbons (Fsp3) is 0.615. The van der Waals surface area contributed by atoms with Crippen LogP contribution in [0.5, 0.6) is 5.88 Å². The van der Waals surface area contributed by atoms with Crippen LogP contribution in [0.3, 0.4) is 0 Å². The smallest absolute Gasteiger partial charge is 0.213 e. The number of rotatable bonds is 8. The lowest BCUT2D eigenvalue weighted by Gasteiger charge is -2.06. The zero-order valence-corrected chi connectivity index (χ0v) is 10.3. The molecule has 1 N–H and O–H groups in total. The molecule has 1 aromatic heterocycles. The number of nitrogens with one attached hydrogen (secondary N) is 1. The summed E-state index contributed by atoms with van der Waals surface area (Å²) in [5.41, 5.74) is 1.07. The van der Waals surface area contributed by atoms with E-state index in [4.69, 9.17) is 4.74 Å². The van der Waals surface area contributed by atoms with E-state index >= 15 is 0 Å². The molecule has 0 aliphatic carbocycles. The molecule has 3 nitrogen and oxygen atoms in total. The summed E-state index contributed by atoms with van der Waals surface area (Å²) in [7, 11) is 1.63. The molecule has 0 bridgehead atoms. The molecule has 0 aliphatic rings. The second kappa shape index (κ2) is 7.97. The Kier molecular flexibility index (Phi) is 6.38. The van der Waals surface area contributed by atoms with Crippen LogP contribution in [-0.4, -0.2) is 18.6 Å². The third-order valence-electron chi connectivity index (χ3n) is 2.55. The van der Waals surface area contributed by atoms with E-state index in [1.54, 1.807) is 7.11 Å². The van der Waals surface area contributed by atoms with Crippen LogP contribution < -0.4 is 10.1 Å². The molecule has 0 unspecified atom stereocenters. The van der Waals surface area contributed by atoms with Crippen LogP contribution in [0.1, 0.15) is 39.0 Å². The summed E-state index contributed by atoms with van der Waals surface area (Å²) in [6, 6.07) is 3.87. The summed E-state index contributed by atoms with van der Waals surface area (Å²) in [6.45, 7) is 3.26. The first-order chi connectivity index (χ1) is 7.86. The summed E-state index contributed by atoms with van der Waals surface area (Å²) in [6.07, 6.45) is 8.35. The van der Waals surface area contributed by atoms with E-state index in [1.165, 1.54) is 32.1 Å². The minimum atomic E-state index is 0.661. The highest BCUT2D eigenvalue weighted by Gasteiger charge is 1.94. The minimum absolute atomic E-state index is 0.661. The molecular formula is C13H22N2O. The highest BCUT2D eigenvalue weighted by Crippen LogP contribution is 2.11. The van der Waals surface area contributed by atoms with Gasteiger partial charge in [-0.2, -0.15) is 0 Å². The highest BCUT2D eigenvalue weighted by molar-refractivity contribution is 5.41. The molecule has 90 valence electrons. The number of ether oxygens (including phenoxy) is 1. The lowest BCUT2D eigenvalue weighted by atomic mass is 10.1. The van der Waals surface area contributed by atoms with Crippen molar-refractivity contribution in [1.29, 1.82) is 0 Å². The van der Waals surface area contributed by atoms with Crippen molar-refractivity contribution in [3.8, 4) is 5.88 Å². The van der Waals surface area contributed by atoms with E-state index in [-0.39, 0.29) is 0 Å². The largest absolute Gasteiger partial charge is 0.481 e. The Hall–Kier alpha value is -1.25. The van der Waals surface area contributed by atoms with Gasteiger partial charge in [-0.05, 0) is 12.5 Å². The Bertz CT molecular complexity index is 272. The molecule has 0 atom stereocenters. The topological polar surface area (TPSA) is 34.1 Å². The standard InChI is InChI=1S/C13H22N2O/c1-3-4-5-6-7-10-14-12-8-9-13(16-2)15-11-12/h8-9,11,14H,3-7,10H2,1-2H3. The van der Waals surface area contributed by atoms with Crippen LogP contribution in [0.25, 0.3) is 0 Å². The lowest BCUT2D eigenvalue weighted by Crippen LogP contribution is -2.01. The molecule has 0 aliphatic heterocycles. The van der Waals surface area contributed by atoms with Gasteiger partial charge in [-0.1, -0.05) is 32.6 Å². The van der Waals surface area contributed by atoms with Gasteiger partial charge in [-0.25, -0.2) is 4.98 Å². The van der Waals surface area contributed by atoms with Crippen molar-refractivity contribution in [1.82, 2.24) is 4.98 Å². The van der Waals surface area contributed by atoms with Gasteiger partial charge in [0.1, 0.15) is 0 Å². The van der Waals surface area contributed by atoms with Crippen LogP contribution in [0.2, 0.25) is 0 Å². The van der Waals surface area contributed by atoms with Gasteiger partial charge in [0.15, 0.2) is 0 Å². The minimum Gasteiger partial charge on any atom is -0.481 e. The van der Waals surface area contributed by atoms with Crippen molar-refractivity contribution in [2.45, 2.75) is 39.0 Å². The number of methoxy groups -OCH3 is 1. The zero-order valence-electron chi connectivity index (χ0n) is 10.3. The molecule has 0 saturated carbocycles. The Morgan fingerprint density at radius 1 is 1.19 bits per heavy atom. The van der Waals surface area contributed by atoms with Crippen LogP contribution in [0, 0.1) is 0 Å². The van der Waals surface area contributed by atoms with Crippen LogP contribution >= 0.6 is 0 Å². The van der Waals surface area contributed by atoms with Gasteiger partial charge in [0, 0.05) is 12.6 Å². The summed E-state index contributed by atoms with van der Waals surface area (Å²) in [5.74, 6) is 0.661. The molecule has 1 rings (SSSR count). The molecule has 1 aromatic rings. The van der Waals surface area contributed by atoms with Gasteiger partial charge in [-0.3, -0.25) is 0 Å². The predicted molar refractivity (Wildman–Crippen MR) is 68.0 cm³/mol. The van der Waals surface area contributed by atoms with E-state index in [0.717, 1.165) is 12.2 Å². The van der Waals surface area contributed by atoms with Gasteiger partial charge in [0.25, 0.3) is 0 Å². The van der Waals surface area contributed by atoms with E-state index in [1.807, 2.05) is 18.3 Å². The van der Waals surface area contributed by atoms with Crippen LogP contribution in [0.4, 0.5) is 5.69 Å². The average molecular weight is 222 g/mol. The fourth-order valence-electron chi connectivity index (χ4n) is 1.57. The Labute approximate surface area is 98.2 Å². The van der Waals surface area contributed by atoms with Gasteiger partial charge >= 0.3 is 0 Å². The number of unbranched alkanes of at least 4 members (excludes halogenated alkanes) is 4. The molecule has 1 heterocycles. The van der Waals surface area contributed by atoms with E-state index in [9.17, 15) is 0 Å². The molecule has 3 heteroatoms. The third-order valence-corrected chi connectivity index (χ3v) is 2.55. The van der Waals surface area contributed by atoms with Crippen molar-refractivity contribution < 1.29 is 4.74 Å². The first kappa shape index (κ1) is 12.8. The molecular weight excluding hydrogens is 200 g/mol. The van der Waals surface area contributed by atoms with Gasteiger partial charge in [0.2, 0.25) is 5.88 Å². The number of hydrogen-bond donors (Lipinski definition) is 1. The summed E-state index contributed by atoms with van der Waals surface area (Å²) < 4.78 is 5.00. The third kappa shape index (κ3) is 5.01. The molecule has 0 amide bonds. The predicted octanol–water partition coefficient (Wildman–Crippen LogP) is 3.47. The monoisotopic (exact) mass is 222 g/mol. The highest BCUT2D eigenvalue weighted by atomic mass is 16.5. The van der Waals surface area contributed by atoms with Gasteiger partial charge < -0.3 is 10.1 Å². The number of anilines is 1. The Balaban J connectivity index is 2.12. The second-order valence-corrected chi connectivity index (χ2v) is 3.93. The summed E-state index contributed by atoms with van der Waals surface area (Å²) >= 11 is 0. The summed E-state index contributed by atoms with van der Waals surface area (Å²) in [5, 5.41) is 3.35. The maximum absolute atomic E-state index is 5.00. The van der Waals surface area contributed by atoms with Crippen molar-refractivity contribution in [2.24, 2.45) is 0 Å². The normalized spacial score (nSPS) is 10.1. The Morgan fingerprint density at radius 3 is 2.62 bits per heavy atom. The van der Waals surface area contributed by atoms with E-state index in [2.05, 4.69) is 17.2 Å². The molecule has 0 aromatic carbocycles. The van der Waals surface area contributed by atoms with Gasteiger partial charge in [0.05, 0.1) is 19.0 Å². The van der Waals surface area contributed by atoms with E-state index in [0.29, 0.717) is 5.88 Å². The van der Waals surface area contributed by atoms with Gasteiger partial charge in [-0.15, -0.1) is 0 Å². The molecule has 16 heavy (non-hydrogen) atoms. The maximum Gasteiger partial charge on any atom is 0.213 e. The maximum atomic E-state index is 5.00.